The number of aliphatic imine (C=N–C) groups is 1. The van der Waals surface area contributed by atoms with Gasteiger partial charge in [0.15, 0.2) is 5.96 Å². The van der Waals surface area contributed by atoms with Crippen molar-refractivity contribution >= 4 is 38.9 Å². The molecule has 6 heteroatoms. The number of thiazole rings is 1. The van der Waals surface area contributed by atoms with Gasteiger partial charge in [-0.2, -0.15) is 0 Å². The molecule has 0 fully saturated rings. The summed E-state index contributed by atoms with van der Waals surface area (Å²) in [7, 11) is 0. The van der Waals surface area contributed by atoms with E-state index in [-0.39, 0.29) is 6.04 Å². The summed E-state index contributed by atoms with van der Waals surface area (Å²) in [6, 6.07) is 8.17. The van der Waals surface area contributed by atoms with Crippen molar-refractivity contribution in [3.05, 3.63) is 45.3 Å². The molecular formula is C12H11BrN4S. The van der Waals surface area contributed by atoms with E-state index in [0.717, 1.165) is 15.2 Å². The van der Waals surface area contributed by atoms with E-state index < -0.39 is 0 Å². The summed E-state index contributed by atoms with van der Waals surface area (Å²) in [5.41, 5.74) is 7.03. The molecule has 2 aromatic rings. The molecule has 0 saturated carbocycles. The van der Waals surface area contributed by atoms with Crippen LogP contribution in [0.25, 0.3) is 0 Å². The van der Waals surface area contributed by atoms with Gasteiger partial charge in [-0.3, -0.25) is 4.99 Å². The van der Waals surface area contributed by atoms with E-state index in [2.05, 4.69) is 25.9 Å². The standard InChI is InChI=1S/C12H11BrN4S/c13-8-1-3-9(4-2-8)17-10(7-16-12(17)14)11-15-5-6-18-11/h1-6,10H,7H2,(H2,14,16). The molecule has 1 aliphatic heterocycles. The molecule has 0 bridgehead atoms. The van der Waals surface area contributed by atoms with Crippen LogP contribution in [0.15, 0.2) is 45.3 Å². The Kier molecular flexibility index (Phi) is 3.05. The van der Waals surface area contributed by atoms with Crippen LogP contribution >= 0.6 is 27.3 Å². The van der Waals surface area contributed by atoms with Crippen LogP contribution in [-0.4, -0.2) is 17.5 Å². The number of halogens is 1. The topological polar surface area (TPSA) is 54.5 Å². The van der Waals surface area contributed by atoms with Gasteiger partial charge in [0.05, 0.1) is 6.54 Å². The normalized spacial score (nSPS) is 19.1. The van der Waals surface area contributed by atoms with Gasteiger partial charge < -0.3 is 10.6 Å². The van der Waals surface area contributed by atoms with Crippen LogP contribution in [0.5, 0.6) is 0 Å². The zero-order valence-corrected chi connectivity index (χ0v) is 11.9. The minimum atomic E-state index is 0.117. The zero-order chi connectivity index (χ0) is 12.5. The Morgan fingerprint density at radius 1 is 1.33 bits per heavy atom. The van der Waals surface area contributed by atoms with Crippen LogP contribution in [0.1, 0.15) is 11.0 Å². The molecule has 1 aromatic carbocycles. The fourth-order valence-electron chi connectivity index (χ4n) is 2.00. The average Bonchev–Trinajstić information content (AvgIpc) is 2.99. The predicted molar refractivity (Wildman–Crippen MR) is 78.0 cm³/mol. The summed E-state index contributed by atoms with van der Waals surface area (Å²) in [5.74, 6) is 0.553. The lowest BCUT2D eigenvalue weighted by Gasteiger charge is -2.24. The quantitative estimate of drug-likeness (QED) is 0.925. The molecule has 0 aliphatic carbocycles. The number of nitrogens with two attached hydrogens (primary N) is 1. The second kappa shape index (κ2) is 4.70. The van der Waals surface area contributed by atoms with Crippen LogP contribution < -0.4 is 10.6 Å². The molecule has 0 radical (unpaired) electrons. The summed E-state index contributed by atoms with van der Waals surface area (Å²) in [4.78, 5) is 10.7. The fourth-order valence-corrected chi connectivity index (χ4v) is 2.98. The van der Waals surface area contributed by atoms with E-state index in [1.807, 2.05) is 40.7 Å². The summed E-state index contributed by atoms with van der Waals surface area (Å²) in [6.07, 6.45) is 1.81. The van der Waals surface area contributed by atoms with Gasteiger partial charge in [-0.05, 0) is 24.3 Å². The van der Waals surface area contributed by atoms with Crippen molar-refractivity contribution in [2.45, 2.75) is 6.04 Å². The number of hydrogen-bond acceptors (Lipinski definition) is 5. The number of hydrogen-bond donors (Lipinski definition) is 1. The molecule has 3 rings (SSSR count). The molecule has 1 aromatic heterocycles. The first-order chi connectivity index (χ1) is 8.75. The van der Waals surface area contributed by atoms with Crippen LogP contribution in [0.2, 0.25) is 0 Å². The third kappa shape index (κ3) is 2.02. The van der Waals surface area contributed by atoms with Crippen LogP contribution in [0.3, 0.4) is 0 Å². The molecule has 2 N–H and O–H groups in total. The molecular weight excluding hydrogens is 312 g/mol. The highest BCUT2D eigenvalue weighted by molar-refractivity contribution is 9.10. The van der Waals surface area contributed by atoms with Crippen molar-refractivity contribution in [2.75, 3.05) is 11.4 Å². The number of aromatic nitrogens is 1. The number of guanidine groups is 1. The van der Waals surface area contributed by atoms with Gasteiger partial charge in [0.25, 0.3) is 0 Å². The van der Waals surface area contributed by atoms with Crippen molar-refractivity contribution in [3.63, 3.8) is 0 Å². The number of nitrogens with zero attached hydrogens (tertiary/aromatic N) is 3. The lowest BCUT2D eigenvalue weighted by atomic mass is 10.2. The molecule has 1 unspecified atom stereocenters. The van der Waals surface area contributed by atoms with E-state index in [1.54, 1.807) is 11.3 Å². The first-order valence-electron chi connectivity index (χ1n) is 5.50. The monoisotopic (exact) mass is 322 g/mol. The molecule has 1 aliphatic rings. The SMILES string of the molecule is NC1=NCC(c2nccs2)N1c1ccc(Br)cc1. The van der Waals surface area contributed by atoms with Gasteiger partial charge in [-0.25, -0.2) is 4.98 Å². The van der Waals surface area contributed by atoms with Gasteiger partial charge in [-0.15, -0.1) is 11.3 Å². The molecule has 4 nitrogen and oxygen atoms in total. The van der Waals surface area contributed by atoms with Gasteiger partial charge >= 0.3 is 0 Å². The largest absolute Gasteiger partial charge is 0.369 e. The first kappa shape index (κ1) is 11.7. The molecule has 1 atom stereocenters. The summed E-state index contributed by atoms with van der Waals surface area (Å²) in [6.45, 7) is 0.662. The minimum absolute atomic E-state index is 0.117. The van der Waals surface area contributed by atoms with Crippen molar-refractivity contribution in [1.82, 2.24) is 4.98 Å². The maximum absolute atomic E-state index is 5.99. The summed E-state index contributed by atoms with van der Waals surface area (Å²) < 4.78 is 1.05. The van der Waals surface area contributed by atoms with Crippen LogP contribution in [0, 0.1) is 0 Å². The second-order valence-corrected chi connectivity index (χ2v) is 5.77. The smallest absolute Gasteiger partial charge is 0.196 e. The van der Waals surface area contributed by atoms with Crippen molar-refractivity contribution in [2.24, 2.45) is 10.7 Å². The highest BCUT2D eigenvalue weighted by Gasteiger charge is 2.30. The summed E-state index contributed by atoms with van der Waals surface area (Å²) >= 11 is 5.07. The van der Waals surface area contributed by atoms with Crippen LogP contribution in [0.4, 0.5) is 5.69 Å². The fraction of sp³-hybridized carbons (Fsp3) is 0.167. The third-order valence-electron chi connectivity index (χ3n) is 2.83. The van der Waals surface area contributed by atoms with Gasteiger partial charge in [-0.1, -0.05) is 15.9 Å². The maximum atomic E-state index is 5.99. The van der Waals surface area contributed by atoms with Gasteiger partial charge in [0.1, 0.15) is 11.0 Å². The van der Waals surface area contributed by atoms with E-state index in [1.165, 1.54) is 0 Å². The minimum Gasteiger partial charge on any atom is -0.369 e. The van der Waals surface area contributed by atoms with Crippen molar-refractivity contribution in [3.8, 4) is 0 Å². The predicted octanol–water partition coefficient (Wildman–Crippen LogP) is 2.78. The number of rotatable bonds is 2. The Morgan fingerprint density at radius 2 is 2.11 bits per heavy atom. The van der Waals surface area contributed by atoms with Gasteiger partial charge in [0, 0.05) is 21.7 Å². The average molecular weight is 323 g/mol. The highest BCUT2D eigenvalue weighted by Crippen LogP contribution is 2.32. The Balaban J connectivity index is 1.97. The molecule has 0 amide bonds. The van der Waals surface area contributed by atoms with Crippen molar-refractivity contribution < 1.29 is 0 Å². The van der Waals surface area contributed by atoms with E-state index in [9.17, 15) is 0 Å². The molecule has 2 heterocycles. The Morgan fingerprint density at radius 3 is 2.78 bits per heavy atom. The first-order valence-corrected chi connectivity index (χ1v) is 7.17. The second-order valence-electron chi connectivity index (χ2n) is 3.93. The zero-order valence-electron chi connectivity index (χ0n) is 9.45. The van der Waals surface area contributed by atoms with E-state index in [0.29, 0.717) is 12.5 Å². The van der Waals surface area contributed by atoms with Gasteiger partial charge in [0.2, 0.25) is 0 Å². The Hall–Kier alpha value is -1.40. The maximum Gasteiger partial charge on any atom is 0.196 e. The Bertz CT molecular complexity index is 564. The Labute approximate surface area is 117 Å². The van der Waals surface area contributed by atoms with Crippen LogP contribution in [-0.2, 0) is 0 Å². The molecule has 92 valence electrons. The molecule has 0 spiro atoms. The third-order valence-corrected chi connectivity index (χ3v) is 4.23. The lowest BCUT2D eigenvalue weighted by molar-refractivity contribution is 0.760. The summed E-state index contributed by atoms with van der Waals surface area (Å²) in [5, 5.41) is 3.02. The number of anilines is 1. The molecule has 0 saturated heterocycles. The highest BCUT2D eigenvalue weighted by atomic mass is 79.9. The molecule has 18 heavy (non-hydrogen) atoms. The van der Waals surface area contributed by atoms with Crippen molar-refractivity contribution in [1.29, 1.82) is 0 Å². The number of benzene rings is 1. The van der Waals surface area contributed by atoms with E-state index in [4.69, 9.17) is 5.73 Å². The van der Waals surface area contributed by atoms with E-state index >= 15 is 0 Å². The lowest BCUT2D eigenvalue weighted by Crippen LogP contribution is -2.36.